The Kier molecular flexibility index (Phi) is 6.22. The van der Waals surface area contributed by atoms with Gasteiger partial charge in [0.15, 0.2) is 0 Å². The Labute approximate surface area is 393 Å². The van der Waals surface area contributed by atoms with Gasteiger partial charge < -0.3 is 8.80 Å². The first-order valence-electron chi connectivity index (χ1n) is 24.6. The molecule has 0 unspecified atom stereocenters. The van der Waals surface area contributed by atoms with Crippen molar-refractivity contribution in [2.75, 3.05) is 0 Å². The Balaban J connectivity index is 1.02. The Morgan fingerprint density at radius 3 is 0.985 bits per heavy atom. The zero-order valence-corrected chi connectivity index (χ0v) is 39.0. The predicted molar refractivity (Wildman–Crippen MR) is 278 cm³/mol. The second-order valence-electron chi connectivity index (χ2n) is 22.8. The van der Waals surface area contributed by atoms with Gasteiger partial charge in [0.2, 0.25) is 0 Å². The van der Waals surface area contributed by atoms with E-state index in [0.29, 0.717) is 0 Å². The third-order valence-corrected chi connectivity index (χ3v) is 17.4. The summed E-state index contributed by atoms with van der Waals surface area (Å²) in [5, 5.41) is 10.6. The van der Waals surface area contributed by atoms with Crippen LogP contribution in [0.3, 0.4) is 0 Å². The van der Waals surface area contributed by atoms with E-state index in [1.807, 2.05) is 0 Å². The van der Waals surface area contributed by atoms with E-state index in [2.05, 4.69) is 196 Å². The highest BCUT2D eigenvalue weighted by Gasteiger charge is 2.46. The summed E-state index contributed by atoms with van der Waals surface area (Å²) < 4.78 is 5.19. The van der Waals surface area contributed by atoms with E-state index in [9.17, 15) is 0 Å². The number of fused-ring (bicyclic) bond motifs is 12. The van der Waals surface area contributed by atoms with Gasteiger partial charge in [0.05, 0.1) is 68.7 Å². The average Bonchev–Trinajstić information content (AvgIpc) is 4.08. The number of pyridine rings is 2. The Morgan fingerprint density at radius 1 is 0.353 bits per heavy atom. The maximum absolute atomic E-state index is 5.55. The topological polar surface area (TPSA) is 34.6 Å². The van der Waals surface area contributed by atoms with Gasteiger partial charge >= 0.3 is 0 Å². The summed E-state index contributed by atoms with van der Waals surface area (Å²) >= 11 is 0. The first kappa shape index (κ1) is 36.5. The van der Waals surface area contributed by atoms with Gasteiger partial charge in [-0.1, -0.05) is 139 Å². The number of hydrogen-bond acceptors (Lipinski definition) is 2. The predicted octanol–water partition coefficient (Wildman–Crippen LogP) is 15.3. The van der Waals surface area contributed by atoms with Gasteiger partial charge in [0.25, 0.3) is 0 Å². The second kappa shape index (κ2) is 11.6. The number of aromatic nitrogens is 4. The van der Waals surface area contributed by atoms with Crippen molar-refractivity contribution < 1.29 is 0 Å². The summed E-state index contributed by atoms with van der Waals surface area (Å²) in [6, 6.07) is 51.8. The lowest BCUT2D eigenvalue weighted by atomic mass is 9.62. The molecule has 7 aromatic carbocycles. The molecule has 6 aliphatic rings. The summed E-state index contributed by atoms with van der Waals surface area (Å²) in [4.78, 5) is 11.1. The van der Waals surface area contributed by atoms with Crippen molar-refractivity contribution in [3.8, 4) is 0 Å². The normalized spacial score (nSPS) is 19.0. The van der Waals surface area contributed by atoms with Crippen molar-refractivity contribution in [1.82, 2.24) is 18.8 Å². The van der Waals surface area contributed by atoms with E-state index < -0.39 is 0 Å². The van der Waals surface area contributed by atoms with E-state index >= 15 is 0 Å². The van der Waals surface area contributed by atoms with E-state index in [-0.39, 0.29) is 34.5 Å². The van der Waals surface area contributed by atoms with Crippen LogP contribution in [0.4, 0.5) is 0 Å². The first-order chi connectivity index (χ1) is 33.0. The fraction of sp³-hybridized carbons (Fsp3) is 0.188. The molecule has 4 bridgehead atoms. The lowest BCUT2D eigenvalue weighted by molar-refractivity contribution is 0.591. The molecule has 322 valence electrons. The minimum atomic E-state index is -0.0618. The number of hydrogen-bond donors (Lipinski definition) is 0. The van der Waals surface area contributed by atoms with Crippen molar-refractivity contribution in [1.29, 1.82) is 0 Å². The zero-order valence-electron chi connectivity index (χ0n) is 39.0. The van der Waals surface area contributed by atoms with Crippen LogP contribution in [0.1, 0.15) is 143 Å². The van der Waals surface area contributed by atoms with Gasteiger partial charge in [-0.25, -0.2) is 0 Å². The van der Waals surface area contributed by atoms with Crippen molar-refractivity contribution in [3.05, 3.63) is 224 Å². The molecule has 13 aromatic rings. The lowest BCUT2D eigenvalue weighted by Crippen LogP contribution is -2.28. The molecule has 4 nitrogen and oxygen atoms in total. The van der Waals surface area contributed by atoms with Crippen molar-refractivity contribution in [2.24, 2.45) is 0 Å². The van der Waals surface area contributed by atoms with Crippen LogP contribution in [0.5, 0.6) is 0 Å². The SMILES string of the molecule is CC(C)(C)c1cc2c3cc4c(cc3n3c5cnc6c(c5c(c1)c23)C1c2ccccc2C6c2ccccc21)c1cc(C(C)(C)C)cc2c3c5c(ncc3n4c12)C1c2ccccc2C5c2ccccc21. The highest BCUT2D eigenvalue weighted by molar-refractivity contribution is 6.30. The molecule has 0 saturated carbocycles. The molecule has 68 heavy (non-hydrogen) atoms. The summed E-state index contributed by atoms with van der Waals surface area (Å²) in [7, 11) is 0. The van der Waals surface area contributed by atoms with Gasteiger partial charge in [-0.2, -0.15) is 0 Å². The highest BCUT2D eigenvalue weighted by Crippen LogP contribution is 2.60. The summed E-state index contributed by atoms with van der Waals surface area (Å²) in [6.45, 7) is 14.2. The lowest BCUT2D eigenvalue weighted by Gasteiger charge is -2.41. The van der Waals surface area contributed by atoms with Crippen molar-refractivity contribution >= 4 is 76.2 Å². The maximum Gasteiger partial charge on any atom is 0.0728 e. The highest BCUT2D eigenvalue weighted by atomic mass is 15.0. The summed E-state index contributed by atoms with van der Waals surface area (Å²) in [5.74, 6) is 0.497. The second-order valence-corrected chi connectivity index (χ2v) is 22.8. The third kappa shape index (κ3) is 4.04. The van der Waals surface area contributed by atoms with E-state index in [4.69, 9.17) is 9.97 Å². The molecule has 0 amide bonds. The molecule has 6 aliphatic carbocycles. The van der Waals surface area contributed by atoms with Crippen molar-refractivity contribution in [3.63, 3.8) is 0 Å². The Hall–Kier alpha value is -7.56. The molecule has 0 aliphatic heterocycles. The monoisotopic (exact) mass is 870 g/mol. The fourth-order valence-corrected chi connectivity index (χ4v) is 14.6. The minimum absolute atomic E-state index is 0.0618. The fourth-order valence-electron chi connectivity index (χ4n) is 14.6. The number of nitrogens with zero attached hydrogens (tertiary/aromatic N) is 4. The summed E-state index contributed by atoms with van der Waals surface area (Å²) in [5.41, 5.74) is 26.7. The van der Waals surface area contributed by atoms with Crippen LogP contribution in [-0.4, -0.2) is 18.8 Å². The zero-order chi connectivity index (χ0) is 45.0. The largest absolute Gasteiger partial charge is 0.306 e. The van der Waals surface area contributed by atoms with Gasteiger partial charge in [-0.3, -0.25) is 9.97 Å². The van der Waals surface area contributed by atoms with Crippen LogP contribution in [0.25, 0.3) is 76.2 Å². The molecule has 19 rings (SSSR count). The smallest absolute Gasteiger partial charge is 0.0728 e. The van der Waals surface area contributed by atoms with Crippen LogP contribution in [0.2, 0.25) is 0 Å². The molecule has 0 N–H and O–H groups in total. The standard InChI is InChI=1S/C64H46N4/c1-63(2,3)31-23-43-41-27-48-42(28-47(41)67-49-29-65-59-53-37-19-11-7-15-33(37)51(34-16-8-12-20-38(34)53)57(59)55(49)45(25-31)61(43)67)44-24-32(64(4,5)6)26-46-56-50(68(48)62(44)46)30-66-60-54-39-21-13-9-17-35(39)52(58(56)60)36-18-10-14-22-40(36)54/h7-30,51-54H,1-6H3. The van der Waals surface area contributed by atoms with Crippen LogP contribution in [0, 0.1) is 0 Å². The van der Waals surface area contributed by atoms with Gasteiger partial charge in [0, 0.05) is 54.9 Å². The Bertz CT molecular complexity index is 4100. The van der Waals surface area contributed by atoms with Gasteiger partial charge in [-0.05, 0) is 114 Å². The molecule has 0 atom stereocenters. The van der Waals surface area contributed by atoms with E-state index in [1.54, 1.807) is 0 Å². The minimum Gasteiger partial charge on any atom is -0.306 e. The molecule has 0 fully saturated rings. The molecule has 0 spiro atoms. The van der Waals surface area contributed by atoms with Crippen LogP contribution in [-0.2, 0) is 10.8 Å². The molecule has 6 aromatic heterocycles. The van der Waals surface area contributed by atoms with Crippen LogP contribution in [0.15, 0.2) is 146 Å². The van der Waals surface area contributed by atoms with Crippen LogP contribution >= 0.6 is 0 Å². The molecular weight excluding hydrogens is 825 g/mol. The summed E-state index contributed by atoms with van der Waals surface area (Å²) in [6.07, 6.45) is 4.44. The van der Waals surface area contributed by atoms with Gasteiger partial charge in [0.1, 0.15) is 0 Å². The van der Waals surface area contributed by atoms with E-state index in [0.717, 1.165) is 0 Å². The van der Waals surface area contributed by atoms with Gasteiger partial charge in [-0.15, -0.1) is 0 Å². The molecule has 4 heteroatoms. The number of rotatable bonds is 0. The average molecular weight is 871 g/mol. The quantitative estimate of drug-likeness (QED) is 0.152. The first-order valence-corrected chi connectivity index (χ1v) is 24.6. The van der Waals surface area contributed by atoms with E-state index in [1.165, 1.54) is 154 Å². The molecule has 0 radical (unpaired) electrons. The maximum atomic E-state index is 5.55. The third-order valence-electron chi connectivity index (χ3n) is 17.4. The molecular formula is C64H46N4. The molecule has 6 heterocycles. The van der Waals surface area contributed by atoms with Crippen molar-refractivity contribution in [2.45, 2.75) is 76.0 Å². The Morgan fingerprint density at radius 2 is 0.662 bits per heavy atom. The van der Waals surface area contributed by atoms with Crippen LogP contribution < -0.4 is 0 Å². The number of benzene rings is 7. The molecule has 0 saturated heterocycles.